The Morgan fingerprint density at radius 3 is 2.61 bits per heavy atom. The van der Waals surface area contributed by atoms with E-state index >= 15 is 0 Å². The molecule has 0 amide bonds. The van der Waals surface area contributed by atoms with Gasteiger partial charge in [-0.05, 0) is 43.3 Å². The highest BCUT2D eigenvalue weighted by Crippen LogP contribution is 2.17. The zero-order valence-electron chi connectivity index (χ0n) is 12.6. The van der Waals surface area contributed by atoms with Crippen LogP contribution in [0.25, 0.3) is 0 Å². The van der Waals surface area contributed by atoms with E-state index in [1.165, 1.54) is 6.33 Å². The highest BCUT2D eigenvalue weighted by molar-refractivity contribution is 5.94. The number of Topliss-reactive ketones (excluding diaryl/α,β-unsaturated/α-hetero) is 1. The summed E-state index contributed by atoms with van der Waals surface area (Å²) < 4.78 is 5.26. The van der Waals surface area contributed by atoms with Gasteiger partial charge in [-0.2, -0.15) is 0 Å². The van der Waals surface area contributed by atoms with E-state index in [1.807, 2.05) is 30.3 Å². The molecule has 0 radical (unpaired) electrons. The number of rotatable bonds is 6. The number of anilines is 3. The van der Waals surface area contributed by atoms with Crippen LogP contribution in [0, 0.1) is 0 Å². The van der Waals surface area contributed by atoms with E-state index in [0.29, 0.717) is 23.7 Å². The normalized spacial score (nSPS) is 10.3. The van der Waals surface area contributed by atoms with Crippen molar-refractivity contribution < 1.29 is 9.21 Å². The number of benzene rings is 1. The summed E-state index contributed by atoms with van der Waals surface area (Å²) in [6.07, 6.45) is 3.12. The summed E-state index contributed by atoms with van der Waals surface area (Å²) >= 11 is 0. The summed E-state index contributed by atoms with van der Waals surface area (Å²) in [5, 5.41) is 6.35. The lowest BCUT2D eigenvalue weighted by molar-refractivity contribution is 0.101. The molecule has 0 bridgehead atoms. The molecule has 0 fully saturated rings. The molecule has 2 heterocycles. The van der Waals surface area contributed by atoms with Crippen LogP contribution in [0.4, 0.5) is 17.3 Å². The second-order valence-corrected chi connectivity index (χ2v) is 4.98. The van der Waals surface area contributed by atoms with Crippen LogP contribution >= 0.6 is 0 Å². The molecular weight excluding hydrogens is 292 g/mol. The molecular formula is C17H16N4O2. The monoisotopic (exact) mass is 308 g/mol. The number of furan rings is 1. The fourth-order valence-electron chi connectivity index (χ4n) is 2.05. The Morgan fingerprint density at radius 2 is 1.91 bits per heavy atom. The SMILES string of the molecule is CC(=O)c1ccc(Nc2cc(NCc3ccco3)ncn2)cc1. The first-order valence-corrected chi connectivity index (χ1v) is 7.17. The second kappa shape index (κ2) is 6.74. The van der Waals surface area contributed by atoms with Crippen LogP contribution in [-0.4, -0.2) is 15.8 Å². The van der Waals surface area contributed by atoms with Crippen LogP contribution in [-0.2, 0) is 6.54 Å². The second-order valence-electron chi connectivity index (χ2n) is 4.98. The van der Waals surface area contributed by atoms with Gasteiger partial charge in [-0.3, -0.25) is 4.79 Å². The summed E-state index contributed by atoms with van der Waals surface area (Å²) in [5.41, 5.74) is 1.53. The Morgan fingerprint density at radius 1 is 1.13 bits per heavy atom. The van der Waals surface area contributed by atoms with E-state index in [9.17, 15) is 4.79 Å². The van der Waals surface area contributed by atoms with E-state index in [0.717, 1.165) is 11.4 Å². The van der Waals surface area contributed by atoms with Crippen molar-refractivity contribution in [3.63, 3.8) is 0 Å². The van der Waals surface area contributed by atoms with E-state index in [-0.39, 0.29) is 5.78 Å². The maximum absolute atomic E-state index is 11.3. The minimum absolute atomic E-state index is 0.0444. The van der Waals surface area contributed by atoms with Gasteiger partial charge < -0.3 is 15.1 Å². The first-order chi connectivity index (χ1) is 11.2. The third kappa shape index (κ3) is 3.94. The Bertz CT molecular complexity index is 783. The van der Waals surface area contributed by atoms with Crippen LogP contribution in [0.2, 0.25) is 0 Å². The van der Waals surface area contributed by atoms with Crippen molar-refractivity contribution >= 4 is 23.1 Å². The van der Waals surface area contributed by atoms with Crippen molar-refractivity contribution in [2.45, 2.75) is 13.5 Å². The molecule has 3 aromatic rings. The topological polar surface area (TPSA) is 80.0 Å². The number of carbonyl (C=O) groups is 1. The van der Waals surface area contributed by atoms with Crippen molar-refractivity contribution in [2.75, 3.05) is 10.6 Å². The zero-order valence-corrected chi connectivity index (χ0v) is 12.6. The number of nitrogens with zero attached hydrogens (tertiary/aromatic N) is 2. The molecule has 6 nitrogen and oxygen atoms in total. The number of hydrogen-bond acceptors (Lipinski definition) is 6. The van der Waals surface area contributed by atoms with Gasteiger partial charge in [-0.15, -0.1) is 0 Å². The predicted octanol–water partition coefficient (Wildman–Crippen LogP) is 3.63. The molecule has 0 atom stereocenters. The van der Waals surface area contributed by atoms with Gasteiger partial charge in [0, 0.05) is 17.3 Å². The summed E-state index contributed by atoms with van der Waals surface area (Å²) in [6.45, 7) is 2.10. The summed E-state index contributed by atoms with van der Waals surface area (Å²) in [5.74, 6) is 2.23. The first kappa shape index (κ1) is 14.8. The maximum atomic E-state index is 11.3. The molecule has 0 unspecified atom stereocenters. The van der Waals surface area contributed by atoms with Crippen molar-refractivity contribution in [2.24, 2.45) is 0 Å². The fourth-order valence-corrected chi connectivity index (χ4v) is 2.05. The van der Waals surface area contributed by atoms with Gasteiger partial charge in [-0.1, -0.05) is 0 Å². The number of ketones is 1. The summed E-state index contributed by atoms with van der Waals surface area (Å²) in [7, 11) is 0. The lowest BCUT2D eigenvalue weighted by Gasteiger charge is -2.08. The van der Waals surface area contributed by atoms with Gasteiger partial charge in [0.2, 0.25) is 0 Å². The minimum atomic E-state index is 0.0444. The average Bonchev–Trinajstić information content (AvgIpc) is 3.07. The quantitative estimate of drug-likeness (QED) is 0.677. The molecule has 0 aliphatic rings. The van der Waals surface area contributed by atoms with Gasteiger partial charge in [0.05, 0.1) is 12.8 Å². The molecule has 0 aliphatic heterocycles. The highest BCUT2D eigenvalue weighted by atomic mass is 16.3. The van der Waals surface area contributed by atoms with E-state index in [4.69, 9.17) is 4.42 Å². The third-order valence-corrected chi connectivity index (χ3v) is 3.25. The zero-order chi connectivity index (χ0) is 16.1. The third-order valence-electron chi connectivity index (χ3n) is 3.25. The Hall–Kier alpha value is -3.15. The fraction of sp³-hybridized carbons (Fsp3) is 0.118. The van der Waals surface area contributed by atoms with Gasteiger partial charge in [0.15, 0.2) is 5.78 Å². The molecule has 0 saturated heterocycles. The van der Waals surface area contributed by atoms with Crippen LogP contribution in [0.1, 0.15) is 23.0 Å². The van der Waals surface area contributed by atoms with E-state index < -0.39 is 0 Å². The maximum Gasteiger partial charge on any atom is 0.159 e. The largest absolute Gasteiger partial charge is 0.467 e. The molecule has 0 aliphatic carbocycles. The Labute approximate surface area is 133 Å². The van der Waals surface area contributed by atoms with Crippen molar-refractivity contribution in [3.8, 4) is 0 Å². The summed E-state index contributed by atoms with van der Waals surface area (Å²) in [6, 6.07) is 12.8. The molecule has 0 saturated carbocycles. The molecule has 6 heteroatoms. The summed E-state index contributed by atoms with van der Waals surface area (Å²) in [4.78, 5) is 19.6. The lowest BCUT2D eigenvalue weighted by atomic mass is 10.1. The van der Waals surface area contributed by atoms with Gasteiger partial charge in [0.25, 0.3) is 0 Å². The minimum Gasteiger partial charge on any atom is -0.467 e. The smallest absolute Gasteiger partial charge is 0.159 e. The van der Waals surface area contributed by atoms with Gasteiger partial charge >= 0.3 is 0 Å². The lowest BCUT2D eigenvalue weighted by Crippen LogP contribution is -2.02. The predicted molar refractivity (Wildman–Crippen MR) is 87.8 cm³/mol. The molecule has 2 N–H and O–H groups in total. The van der Waals surface area contributed by atoms with Crippen LogP contribution < -0.4 is 10.6 Å². The molecule has 3 rings (SSSR count). The van der Waals surface area contributed by atoms with E-state index in [2.05, 4.69) is 20.6 Å². The molecule has 116 valence electrons. The highest BCUT2D eigenvalue weighted by Gasteiger charge is 2.02. The molecule has 0 spiro atoms. The number of nitrogens with one attached hydrogen (secondary N) is 2. The standard InChI is InChI=1S/C17H16N4O2/c1-12(22)13-4-6-14(7-5-13)21-17-9-16(19-11-20-17)18-10-15-3-2-8-23-15/h2-9,11H,10H2,1H3,(H2,18,19,20,21). The molecule has 23 heavy (non-hydrogen) atoms. The average molecular weight is 308 g/mol. The van der Waals surface area contributed by atoms with Crippen molar-refractivity contribution in [3.05, 3.63) is 66.4 Å². The first-order valence-electron chi connectivity index (χ1n) is 7.17. The Kier molecular flexibility index (Phi) is 4.33. The number of carbonyl (C=O) groups excluding carboxylic acids is 1. The van der Waals surface area contributed by atoms with Crippen LogP contribution in [0.5, 0.6) is 0 Å². The molecule has 2 aromatic heterocycles. The number of aromatic nitrogens is 2. The van der Waals surface area contributed by atoms with Crippen molar-refractivity contribution in [1.82, 2.24) is 9.97 Å². The van der Waals surface area contributed by atoms with Gasteiger partial charge in [0.1, 0.15) is 23.7 Å². The van der Waals surface area contributed by atoms with E-state index in [1.54, 1.807) is 25.3 Å². The number of hydrogen-bond donors (Lipinski definition) is 2. The Balaban J connectivity index is 1.66. The van der Waals surface area contributed by atoms with Crippen LogP contribution in [0.3, 0.4) is 0 Å². The molecule has 1 aromatic carbocycles. The van der Waals surface area contributed by atoms with Gasteiger partial charge in [-0.25, -0.2) is 9.97 Å². The van der Waals surface area contributed by atoms with Crippen molar-refractivity contribution in [1.29, 1.82) is 0 Å². The van der Waals surface area contributed by atoms with Crippen LogP contribution in [0.15, 0.2) is 59.5 Å².